The first kappa shape index (κ1) is 23.0. The lowest BCUT2D eigenvalue weighted by atomic mass is 9.85. The number of nitrogens with zero attached hydrogens (tertiary/aromatic N) is 6. The second-order valence-corrected chi connectivity index (χ2v) is 11.5. The first-order chi connectivity index (χ1) is 16.2. The van der Waals surface area contributed by atoms with Crippen molar-refractivity contribution < 1.29 is 17.5 Å². The van der Waals surface area contributed by atoms with Crippen molar-refractivity contribution in [2.24, 2.45) is 0 Å². The maximum atomic E-state index is 15.0. The number of alkyl halides is 1. The molecule has 3 aromatic rings. The van der Waals surface area contributed by atoms with E-state index in [-0.39, 0.29) is 23.4 Å². The van der Waals surface area contributed by atoms with Crippen LogP contribution in [0.1, 0.15) is 23.5 Å². The van der Waals surface area contributed by atoms with Crippen LogP contribution in [-0.2, 0) is 9.84 Å². The number of ether oxygens (including phenoxy) is 1. The molecule has 2 fully saturated rings. The third-order valence-corrected chi connectivity index (χ3v) is 8.46. The minimum Gasteiger partial charge on any atom is -0.467 e. The summed E-state index contributed by atoms with van der Waals surface area (Å²) in [6.45, 7) is 4.03. The van der Waals surface area contributed by atoms with Gasteiger partial charge in [-0.25, -0.2) is 17.5 Å². The Hall–Kier alpha value is -2.79. The number of hydrogen-bond acceptors (Lipinski definition) is 8. The number of rotatable bonds is 4. The molecule has 182 valence electrons. The number of piperidine rings is 1. The Kier molecular flexibility index (Phi) is 5.93. The number of anilines is 1. The van der Waals surface area contributed by atoms with Gasteiger partial charge in [-0.1, -0.05) is 0 Å². The highest BCUT2D eigenvalue weighted by Crippen LogP contribution is 2.35. The molecule has 2 saturated heterocycles. The number of hydrogen-bond donors (Lipinski definition) is 0. The fourth-order valence-corrected chi connectivity index (χ4v) is 6.10. The molecular formula is C23H29FN6O3S. The maximum absolute atomic E-state index is 15.0. The van der Waals surface area contributed by atoms with E-state index in [1.165, 1.54) is 7.11 Å². The molecule has 11 heteroatoms. The lowest BCUT2D eigenvalue weighted by molar-refractivity contribution is 0.139. The molecule has 34 heavy (non-hydrogen) atoms. The molecule has 2 atom stereocenters. The van der Waals surface area contributed by atoms with Crippen molar-refractivity contribution >= 4 is 26.6 Å². The van der Waals surface area contributed by atoms with E-state index < -0.39 is 16.0 Å². The quantitative estimate of drug-likeness (QED) is 0.551. The van der Waals surface area contributed by atoms with Crippen LogP contribution in [0.2, 0.25) is 0 Å². The van der Waals surface area contributed by atoms with Crippen LogP contribution in [0.15, 0.2) is 24.4 Å². The first-order valence-electron chi connectivity index (χ1n) is 11.4. The minimum atomic E-state index is -3.02. The van der Waals surface area contributed by atoms with Crippen molar-refractivity contribution in [3.05, 3.63) is 35.5 Å². The van der Waals surface area contributed by atoms with E-state index in [1.807, 2.05) is 35.9 Å². The number of benzene rings is 1. The summed E-state index contributed by atoms with van der Waals surface area (Å²) in [5.41, 5.74) is 2.89. The van der Waals surface area contributed by atoms with E-state index >= 15 is 0 Å². The lowest BCUT2D eigenvalue weighted by Gasteiger charge is -2.33. The summed E-state index contributed by atoms with van der Waals surface area (Å²) in [5.74, 6) is 1.12. The van der Waals surface area contributed by atoms with Crippen molar-refractivity contribution in [2.45, 2.75) is 25.4 Å². The maximum Gasteiger partial charge on any atom is 0.320 e. The molecule has 0 radical (unpaired) electrons. The molecule has 2 aliphatic heterocycles. The molecule has 9 nitrogen and oxygen atoms in total. The van der Waals surface area contributed by atoms with Gasteiger partial charge in [0.05, 0.1) is 30.3 Å². The molecule has 0 spiro atoms. The number of methoxy groups -OCH3 is 1. The summed E-state index contributed by atoms with van der Waals surface area (Å²) in [6, 6.07) is 6.05. The molecule has 0 aliphatic carbocycles. The van der Waals surface area contributed by atoms with E-state index in [4.69, 9.17) is 4.74 Å². The molecular weight excluding hydrogens is 459 g/mol. The highest BCUT2D eigenvalue weighted by atomic mass is 32.2. The molecule has 1 aromatic carbocycles. The van der Waals surface area contributed by atoms with Crippen LogP contribution >= 0.6 is 0 Å². The van der Waals surface area contributed by atoms with Gasteiger partial charge in [-0.3, -0.25) is 0 Å². The Morgan fingerprint density at radius 3 is 2.53 bits per heavy atom. The number of likely N-dealkylation sites (tertiary alicyclic amines) is 1. The zero-order valence-corrected chi connectivity index (χ0v) is 20.4. The zero-order chi connectivity index (χ0) is 24.0. The largest absolute Gasteiger partial charge is 0.467 e. The van der Waals surface area contributed by atoms with Gasteiger partial charge in [0.25, 0.3) is 0 Å². The topological polar surface area (TPSA) is 93.5 Å². The molecule has 4 heterocycles. The summed E-state index contributed by atoms with van der Waals surface area (Å²) in [7, 11) is 0.427. The standard InChI is InChI=1S/C23H29FN6O3S/c1-15-10-16-13-25-30(20(16)11-18(15)17-4-5-28(2)14-19(17)24)22-12-21(26-23(27-22)33-3)29-6-8-34(31,32)9-7-29/h10-13,17,19H,4-9,14H2,1-3H3. The summed E-state index contributed by atoms with van der Waals surface area (Å²) in [6.07, 6.45) is 1.61. The third kappa shape index (κ3) is 4.34. The smallest absolute Gasteiger partial charge is 0.320 e. The van der Waals surface area contributed by atoms with Crippen molar-refractivity contribution in [1.29, 1.82) is 0 Å². The fraction of sp³-hybridized carbons (Fsp3) is 0.522. The summed E-state index contributed by atoms with van der Waals surface area (Å²) >= 11 is 0. The number of halogens is 1. The van der Waals surface area contributed by atoms with Crippen LogP contribution in [0.4, 0.5) is 10.2 Å². The highest BCUT2D eigenvalue weighted by Gasteiger charge is 2.30. The molecule has 2 aliphatic rings. The van der Waals surface area contributed by atoms with Crippen molar-refractivity contribution in [1.82, 2.24) is 24.6 Å². The van der Waals surface area contributed by atoms with Crippen LogP contribution in [0.3, 0.4) is 0 Å². The highest BCUT2D eigenvalue weighted by molar-refractivity contribution is 7.91. The van der Waals surface area contributed by atoms with Gasteiger partial charge in [0.1, 0.15) is 12.0 Å². The van der Waals surface area contributed by atoms with Gasteiger partial charge in [0.2, 0.25) is 0 Å². The van der Waals surface area contributed by atoms with E-state index in [0.29, 0.717) is 31.3 Å². The molecule has 0 saturated carbocycles. The second kappa shape index (κ2) is 8.77. The Balaban J connectivity index is 1.55. The molecule has 0 bridgehead atoms. The number of sulfone groups is 1. The number of aryl methyl sites for hydroxylation is 1. The number of fused-ring (bicyclic) bond motifs is 1. The van der Waals surface area contributed by atoms with Crippen molar-refractivity contribution in [2.75, 3.05) is 56.7 Å². The normalized spacial score (nSPS) is 23.4. The van der Waals surface area contributed by atoms with Crippen molar-refractivity contribution in [3.63, 3.8) is 0 Å². The van der Waals surface area contributed by atoms with Crippen LogP contribution in [0.25, 0.3) is 16.7 Å². The van der Waals surface area contributed by atoms with Crippen LogP contribution < -0.4 is 9.64 Å². The third-order valence-electron chi connectivity index (χ3n) is 6.85. The SMILES string of the molecule is COc1nc(N2CCS(=O)(=O)CC2)cc(-n2ncc3cc(C)c(C4CCN(C)CC4F)cc32)n1. The zero-order valence-electron chi connectivity index (χ0n) is 19.6. The van der Waals surface area contributed by atoms with Crippen LogP contribution in [0, 0.1) is 6.92 Å². The van der Waals surface area contributed by atoms with Gasteiger partial charge in [0.15, 0.2) is 15.7 Å². The van der Waals surface area contributed by atoms with E-state index in [0.717, 1.165) is 35.0 Å². The Morgan fingerprint density at radius 1 is 1.09 bits per heavy atom. The van der Waals surface area contributed by atoms with E-state index in [9.17, 15) is 12.8 Å². The van der Waals surface area contributed by atoms with E-state index in [1.54, 1.807) is 16.9 Å². The predicted octanol–water partition coefficient (Wildman–Crippen LogP) is 2.12. The average molecular weight is 489 g/mol. The monoisotopic (exact) mass is 488 g/mol. The van der Waals surface area contributed by atoms with Gasteiger partial charge in [0, 0.05) is 37.0 Å². The predicted molar refractivity (Wildman–Crippen MR) is 129 cm³/mol. The second-order valence-electron chi connectivity index (χ2n) is 9.21. The van der Waals surface area contributed by atoms with Gasteiger partial charge < -0.3 is 14.5 Å². The van der Waals surface area contributed by atoms with Gasteiger partial charge >= 0.3 is 6.01 Å². The van der Waals surface area contributed by atoms with Crippen LogP contribution in [-0.4, -0.2) is 91.1 Å². The Labute approximate surface area is 198 Å². The molecule has 2 unspecified atom stereocenters. The average Bonchev–Trinajstić information content (AvgIpc) is 3.21. The van der Waals surface area contributed by atoms with E-state index in [2.05, 4.69) is 15.1 Å². The van der Waals surface area contributed by atoms with Crippen molar-refractivity contribution in [3.8, 4) is 11.8 Å². The minimum absolute atomic E-state index is 0.0863. The Morgan fingerprint density at radius 2 is 1.82 bits per heavy atom. The van der Waals surface area contributed by atoms with Crippen LogP contribution in [0.5, 0.6) is 6.01 Å². The summed E-state index contributed by atoms with van der Waals surface area (Å²) < 4.78 is 45.7. The van der Waals surface area contributed by atoms with Gasteiger partial charge in [-0.15, -0.1) is 0 Å². The molecule has 0 N–H and O–H groups in total. The lowest BCUT2D eigenvalue weighted by Crippen LogP contribution is -2.40. The first-order valence-corrected chi connectivity index (χ1v) is 13.3. The number of aromatic nitrogens is 4. The van der Waals surface area contributed by atoms with Gasteiger partial charge in [-0.2, -0.15) is 15.1 Å². The molecule has 5 rings (SSSR count). The molecule has 2 aromatic heterocycles. The van der Waals surface area contributed by atoms with Gasteiger partial charge in [-0.05, 0) is 50.2 Å². The fourth-order valence-electron chi connectivity index (χ4n) is 4.90. The molecule has 0 amide bonds. The summed E-state index contributed by atoms with van der Waals surface area (Å²) in [4.78, 5) is 12.9. The Bertz CT molecular complexity index is 1310. The summed E-state index contributed by atoms with van der Waals surface area (Å²) in [5, 5.41) is 5.50.